The SMILES string of the molecule is COC(=O)C1=C(C(=O)OC)N(c2cccc3c2nnn3C)C(N)=C(C#N)C1c1ccccc1. The minimum atomic E-state index is -0.935. The third-order valence-corrected chi connectivity index (χ3v) is 5.47. The number of nitrogens with two attached hydrogens (primary N) is 1. The van der Waals surface area contributed by atoms with Gasteiger partial charge in [0.05, 0.1) is 48.6 Å². The highest BCUT2D eigenvalue weighted by Gasteiger charge is 2.43. The molecule has 0 fully saturated rings. The lowest BCUT2D eigenvalue weighted by molar-refractivity contribution is -0.139. The average Bonchev–Trinajstić information content (AvgIpc) is 3.23. The van der Waals surface area contributed by atoms with Crippen molar-refractivity contribution >= 4 is 28.7 Å². The Morgan fingerprint density at radius 2 is 1.76 bits per heavy atom. The van der Waals surface area contributed by atoms with Gasteiger partial charge >= 0.3 is 11.9 Å². The Morgan fingerprint density at radius 1 is 1.06 bits per heavy atom. The third-order valence-electron chi connectivity index (χ3n) is 5.47. The van der Waals surface area contributed by atoms with Crippen LogP contribution in [0.1, 0.15) is 11.5 Å². The van der Waals surface area contributed by atoms with E-state index < -0.39 is 17.9 Å². The zero-order chi connectivity index (χ0) is 23.7. The largest absolute Gasteiger partial charge is 0.466 e. The van der Waals surface area contributed by atoms with Crippen LogP contribution in [0, 0.1) is 11.3 Å². The van der Waals surface area contributed by atoms with E-state index in [-0.39, 0.29) is 22.7 Å². The standard InChI is InChI=1S/C23H20N6O4/c1-28-15-10-7-11-16(19(15)26-27-28)29-20(23(31)33-3)18(22(30)32-2)17(14(12-24)21(29)25)13-8-5-4-6-9-13/h4-11,17H,25H2,1-3H3. The Hall–Kier alpha value is -4.65. The van der Waals surface area contributed by atoms with Crippen LogP contribution in [0.3, 0.4) is 0 Å². The summed E-state index contributed by atoms with van der Waals surface area (Å²) >= 11 is 0. The van der Waals surface area contributed by atoms with Crippen LogP contribution in [-0.4, -0.2) is 41.2 Å². The number of ether oxygens (including phenoxy) is 2. The van der Waals surface area contributed by atoms with Crippen LogP contribution in [0.2, 0.25) is 0 Å². The number of carbonyl (C=O) groups excluding carboxylic acids is 2. The lowest BCUT2D eigenvalue weighted by Gasteiger charge is -2.35. The van der Waals surface area contributed by atoms with E-state index in [0.29, 0.717) is 22.3 Å². The molecule has 1 unspecified atom stereocenters. The van der Waals surface area contributed by atoms with E-state index in [1.54, 1.807) is 60.3 Å². The summed E-state index contributed by atoms with van der Waals surface area (Å²) in [7, 11) is 4.12. The summed E-state index contributed by atoms with van der Waals surface area (Å²) in [4.78, 5) is 27.5. The maximum atomic E-state index is 13.1. The number of allylic oxidation sites excluding steroid dienone is 1. The number of carbonyl (C=O) groups is 2. The molecule has 10 heteroatoms. The van der Waals surface area contributed by atoms with Crippen LogP contribution in [0.15, 0.2) is 71.2 Å². The van der Waals surface area contributed by atoms with Crippen LogP contribution in [0.4, 0.5) is 5.69 Å². The number of anilines is 1. The molecule has 0 radical (unpaired) electrons. The molecule has 1 aromatic heterocycles. The fraction of sp³-hybridized carbons (Fsp3) is 0.174. The van der Waals surface area contributed by atoms with Crippen molar-refractivity contribution in [2.24, 2.45) is 12.8 Å². The summed E-state index contributed by atoms with van der Waals surface area (Å²) in [5.74, 6) is -2.58. The Kier molecular flexibility index (Phi) is 5.54. The third kappa shape index (κ3) is 3.36. The minimum absolute atomic E-state index is 0.0300. The number of hydrogen-bond donors (Lipinski definition) is 1. The molecule has 0 amide bonds. The smallest absolute Gasteiger partial charge is 0.355 e. The molecule has 10 nitrogen and oxygen atoms in total. The molecule has 0 aliphatic carbocycles. The maximum Gasteiger partial charge on any atom is 0.355 e. The molecule has 1 atom stereocenters. The second-order valence-electron chi connectivity index (χ2n) is 7.19. The first-order valence-electron chi connectivity index (χ1n) is 9.88. The van der Waals surface area contributed by atoms with E-state index in [9.17, 15) is 14.9 Å². The molecular weight excluding hydrogens is 424 g/mol. The van der Waals surface area contributed by atoms with Gasteiger partial charge in [-0.05, 0) is 17.7 Å². The second kappa shape index (κ2) is 8.47. The van der Waals surface area contributed by atoms with Crippen molar-refractivity contribution in [3.8, 4) is 6.07 Å². The highest BCUT2D eigenvalue weighted by atomic mass is 16.5. The Labute approximate surface area is 189 Å². The molecule has 166 valence electrons. The fourth-order valence-corrected chi connectivity index (χ4v) is 3.99. The van der Waals surface area contributed by atoms with E-state index in [1.165, 1.54) is 19.1 Å². The van der Waals surface area contributed by atoms with Gasteiger partial charge in [0.15, 0.2) is 0 Å². The molecule has 33 heavy (non-hydrogen) atoms. The summed E-state index contributed by atoms with van der Waals surface area (Å²) in [5, 5.41) is 18.3. The Balaban J connectivity index is 2.12. The minimum Gasteiger partial charge on any atom is -0.466 e. The van der Waals surface area contributed by atoms with Crippen molar-refractivity contribution in [1.29, 1.82) is 5.26 Å². The molecule has 1 aliphatic heterocycles. The number of nitriles is 1. The lowest BCUT2D eigenvalue weighted by atomic mass is 9.81. The first kappa shape index (κ1) is 21.6. The number of benzene rings is 2. The summed E-state index contributed by atoms with van der Waals surface area (Å²) < 4.78 is 11.6. The van der Waals surface area contributed by atoms with Gasteiger partial charge in [-0.3, -0.25) is 4.90 Å². The van der Waals surface area contributed by atoms with E-state index >= 15 is 0 Å². The van der Waals surface area contributed by atoms with Gasteiger partial charge in [0, 0.05) is 7.05 Å². The molecule has 3 aromatic rings. The summed E-state index contributed by atoms with van der Waals surface area (Å²) in [6.45, 7) is 0. The molecule has 2 aromatic carbocycles. The molecule has 0 saturated carbocycles. The van der Waals surface area contributed by atoms with Crippen molar-refractivity contribution in [2.45, 2.75) is 5.92 Å². The van der Waals surface area contributed by atoms with Gasteiger partial charge in [-0.15, -0.1) is 5.10 Å². The van der Waals surface area contributed by atoms with Crippen molar-refractivity contribution < 1.29 is 19.1 Å². The maximum absolute atomic E-state index is 13.1. The molecule has 0 bridgehead atoms. The van der Waals surface area contributed by atoms with Crippen LogP contribution in [0.5, 0.6) is 0 Å². The highest BCUT2D eigenvalue weighted by molar-refractivity contribution is 6.08. The number of rotatable bonds is 4. The van der Waals surface area contributed by atoms with Gasteiger partial charge in [-0.2, -0.15) is 5.26 Å². The molecule has 2 N–H and O–H groups in total. The van der Waals surface area contributed by atoms with Crippen molar-refractivity contribution in [3.63, 3.8) is 0 Å². The molecule has 0 saturated heterocycles. The van der Waals surface area contributed by atoms with E-state index in [2.05, 4.69) is 16.4 Å². The first-order chi connectivity index (χ1) is 15.9. The first-order valence-corrected chi connectivity index (χ1v) is 9.88. The fourth-order valence-electron chi connectivity index (χ4n) is 3.99. The zero-order valence-electron chi connectivity index (χ0n) is 18.1. The second-order valence-corrected chi connectivity index (χ2v) is 7.19. The Bertz CT molecular complexity index is 1370. The van der Waals surface area contributed by atoms with Crippen LogP contribution >= 0.6 is 0 Å². The molecular formula is C23H20N6O4. The van der Waals surface area contributed by atoms with Gasteiger partial charge in [0.2, 0.25) is 0 Å². The van der Waals surface area contributed by atoms with Crippen LogP contribution in [-0.2, 0) is 26.1 Å². The van der Waals surface area contributed by atoms with Gasteiger partial charge < -0.3 is 15.2 Å². The van der Waals surface area contributed by atoms with Gasteiger partial charge in [-0.25, -0.2) is 14.3 Å². The lowest BCUT2D eigenvalue weighted by Crippen LogP contribution is -2.40. The predicted molar refractivity (Wildman–Crippen MR) is 118 cm³/mol. The van der Waals surface area contributed by atoms with Gasteiger partial charge in [0.1, 0.15) is 17.0 Å². The Morgan fingerprint density at radius 3 is 2.39 bits per heavy atom. The van der Waals surface area contributed by atoms with E-state index in [1.807, 2.05) is 0 Å². The number of esters is 2. The van der Waals surface area contributed by atoms with Crippen LogP contribution < -0.4 is 10.6 Å². The van der Waals surface area contributed by atoms with Crippen LogP contribution in [0.25, 0.3) is 11.0 Å². The predicted octanol–water partition coefficient (Wildman–Crippen LogP) is 1.87. The summed E-state index contributed by atoms with van der Waals surface area (Å²) in [5.41, 5.74) is 8.40. The van der Waals surface area contributed by atoms with Gasteiger partial charge in [-0.1, -0.05) is 41.6 Å². The molecule has 4 rings (SSSR count). The van der Waals surface area contributed by atoms with Gasteiger partial charge in [0.25, 0.3) is 0 Å². The van der Waals surface area contributed by atoms with Crippen molar-refractivity contribution in [2.75, 3.05) is 19.1 Å². The summed E-state index contributed by atoms with van der Waals surface area (Å²) in [6.07, 6.45) is 0. The number of aryl methyl sites for hydroxylation is 1. The normalized spacial score (nSPS) is 16.1. The number of hydrogen-bond acceptors (Lipinski definition) is 9. The molecule has 2 heterocycles. The van der Waals surface area contributed by atoms with E-state index in [0.717, 1.165) is 0 Å². The number of nitrogens with zero attached hydrogens (tertiary/aromatic N) is 5. The van der Waals surface area contributed by atoms with E-state index in [4.69, 9.17) is 15.2 Å². The number of fused-ring (bicyclic) bond motifs is 1. The topological polar surface area (TPSA) is 136 Å². The monoisotopic (exact) mass is 444 g/mol. The molecule has 0 spiro atoms. The number of methoxy groups -OCH3 is 2. The van der Waals surface area contributed by atoms with Crippen molar-refractivity contribution in [3.05, 3.63) is 76.8 Å². The average molecular weight is 444 g/mol. The molecule has 1 aliphatic rings. The van der Waals surface area contributed by atoms with Crippen molar-refractivity contribution in [1.82, 2.24) is 15.0 Å². The zero-order valence-corrected chi connectivity index (χ0v) is 18.1. The highest BCUT2D eigenvalue weighted by Crippen LogP contribution is 2.44. The number of aromatic nitrogens is 3. The quantitative estimate of drug-likeness (QED) is 0.598. The summed E-state index contributed by atoms with van der Waals surface area (Å²) in [6, 6.07) is 16.1.